The van der Waals surface area contributed by atoms with Gasteiger partial charge in [-0.25, -0.2) is 0 Å². The molecule has 0 bridgehead atoms. The second-order valence-corrected chi connectivity index (χ2v) is 4.07. The molecular formula is C15H19NO. The lowest BCUT2D eigenvalue weighted by Gasteiger charge is -2.10. The fraction of sp³-hybridized carbons (Fsp3) is 0.333. The van der Waals surface area contributed by atoms with Gasteiger partial charge in [0.15, 0.2) is 0 Å². The van der Waals surface area contributed by atoms with Crippen LogP contribution < -0.4 is 4.74 Å². The number of aromatic nitrogens is 1. The van der Waals surface area contributed by atoms with Gasteiger partial charge in [0.2, 0.25) is 0 Å². The van der Waals surface area contributed by atoms with Crippen LogP contribution in [0.4, 0.5) is 0 Å². The average Bonchev–Trinajstić information content (AvgIpc) is 2.71. The van der Waals surface area contributed by atoms with Crippen molar-refractivity contribution in [3.05, 3.63) is 42.1 Å². The lowest BCUT2D eigenvalue weighted by atomic mass is 10.1. The fourth-order valence-electron chi connectivity index (χ4n) is 2.15. The van der Waals surface area contributed by atoms with E-state index in [0.717, 1.165) is 12.3 Å². The van der Waals surface area contributed by atoms with Crippen molar-refractivity contribution < 1.29 is 4.74 Å². The smallest absolute Gasteiger partial charge is 0.119 e. The predicted molar refractivity (Wildman–Crippen MR) is 71.4 cm³/mol. The molecule has 0 saturated heterocycles. The van der Waals surface area contributed by atoms with Crippen molar-refractivity contribution in [1.29, 1.82) is 0 Å². The van der Waals surface area contributed by atoms with Gasteiger partial charge >= 0.3 is 0 Å². The molecule has 2 heteroatoms. The Balaban J connectivity index is 2.41. The molecule has 1 heterocycles. The molecule has 0 N–H and O–H groups in total. The van der Waals surface area contributed by atoms with Gasteiger partial charge in [-0.05, 0) is 45.0 Å². The molecular weight excluding hydrogens is 210 g/mol. The van der Waals surface area contributed by atoms with E-state index < -0.39 is 0 Å². The van der Waals surface area contributed by atoms with E-state index in [0.29, 0.717) is 6.61 Å². The minimum atomic E-state index is 0.706. The molecule has 1 aromatic heterocycles. The van der Waals surface area contributed by atoms with Gasteiger partial charge in [-0.15, -0.1) is 0 Å². The molecule has 2 aromatic rings. The zero-order valence-corrected chi connectivity index (χ0v) is 10.7. The van der Waals surface area contributed by atoms with E-state index >= 15 is 0 Å². The standard InChI is InChI=1S/C15H19NO/c1-4-16-12(3)9-10-15(16)13-7-6-8-14(11-13)17-5-2/h6-11H,4-5H2,1-3H3. The third-order valence-electron chi connectivity index (χ3n) is 2.96. The maximum Gasteiger partial charge on any atom is 0.119 e. The minimum absolute atomic E-state index is 0.706. The van der Waals surface area contributed by atoms with E-state index in [1.807, 2.05) is 19.1 Å². The van der Waals surface area contributed by atoms with E-state index in [2.05, 4.69) is 42.7 Å². The van der Waals surface area contributed by atoms with Crippen LogP contribution in [0.15, 0.2) is 36.4 Å². The molecule has 0 aliphatic rings. The average molecular weight is 229 g/mol. The summed E-state index contributed by atoms with van der Waals surface area (Å²) in [6, 6.07) is 12.6. The Morgan fingerprint density at radius 2 is 1.94 bits per heavy atom. The van der Waals surface area contributed by atoms with Crippen LogP contribution in [0, 0.1) is 6.92 Å². The van der Waals surface area contributed by atoms with Gasteiger partial charge in [0.1, 0.15) is 5.75 Å². The number of hydrogen-bond acceptors (Lipinski definition) is 1. The zero-order valence-electron chi connectivity index (χ0n) is 10.7. The Bertz CT molecular complexity index is 499. The molecule has 17 heavy (non-hydrogen) atoms. The number of hydrogen-bond donors (Lipinski definition) is 0. The third kappa shape index (κ3) is 2.36. The Hall–Kier alpha value is -1.70. The van der Waals surface area contributed by atoms with Crippen LogP contribution in [0.3, 0.4) is 0 Å². The van der Waals surface area contributed by atoms with Crippen molar-refractivity contribution in [3.8, 4) is 17.0 Å². The summed E-state index contributed by atoms with van der Waals surface area (Å²) in [5, 5.41) is 0. The first-order valence-corrected chi connectivity index (χ1v) is 6.15. The summed E-state index contributed by atoms with van der Waals surface area (Å²) in [6.45, 7) is 8.01. The van der Waals surface area contributed by atoms with E-state index in [1.165, 1.54) is 17.0 Å². The van der Waals surface area contributed by atoms with Crippen molar-refractivity contribution in [2.24, 2.45) is 0 Å². The molecule has 0 aliphatic heterocycles. The fourth-order valence-corrected chi connectivity index (χ4v) is 2.15. The summed E-state index contributed by atoms with van der Waals surface area (Å²) >= 11 is 0. The molecule has 0 fully saturated rings. The summed E-state index contributed by atoms with van der Waals surface area (Å²) in [5.74, 6) is 0.937. The van der Waals surface area contributed by atoms with Crippen molar-refractivity contribution in [2.75, 3.05) is 6.61 Å². The van der Waals surface area contributed by atoms with Crippen molar-refractivity contribution in [1.82, 2.24) is 4.57 Å². The molecule has 0 radical (unpaired) electrons. The number of nitrogens with zero attached hydrogens (tertiary/aromatic N) is 1. The molecule has 2 rings (SSSR count). The van der Waals surface area contributed by atoms with Crippen LogP contribution >= 0.6 is 0 Å². The Labute approximate surface area is 103 Å². The Morgan fingerprint density at radius 3 is 2.65 bits per heavy atom. The molecule has 0 unspecified atom stereocenters. The largest absolute Gasteiger partial charge is 0.494 e. The van der Waals surface area contributed by atoms with Gasteiger partial charge in [0, 0.05) is 23.5 Å². The monoisotopic (exact) mass is 229 g/mol. The van der Waals surface area contributed by atoms with E-state index in [4.69, 9.17) is 4.74 Å². The molecule has 0 spiro atoms. The summed E-state index contributed by atoms with van der Waals surface area (Å²) in [5.41, 5.74) is 3.77. The van der Waals surface area contributed by atoms with Crippen LogP contribution in [-0.2, 0) is 6.54 Å². The maximum atomic E-state index is 5.54. The van der Waals surface area contributed by atoms with Gasteiger partial charge in [0.25, 0.3) is 0 Å². The van der Waals surface area contributed by atoms with Crippen LogP contribution in [0.1, 0.15) is 19.5 Å². The van der Waals surface area contributed by atoms with Crippen molar-refractivity contribution in [3.63, 3.8) is 0 Å². The van der Waals surface area contributed by atoms with Gasteiger partial charge in [-0.3, -0.25) is 0 Å². The van der Waals surface area contributed by atoms with Crippen LogP contribution in [-0.4, -0.2) is 11.2 Å². The summed E-state index contributed by atoms with van der Waals surface area (Å²) in [6.07, 6.45) is 0. The molecule has 90 valence electrons. The van der Waals surface area contributed by atoms with Crippen molar-refractivity contribution in [2.45, 2.75) is 27.3 Å². The second kappa shape index (κ2) is 5.09. The number of ether oxygens (including phenoxy) is 1. The third-order valence-corrected chi connectivity index (χ3v) is 2.96. The number of benzene rings is 1. The van der Waals surface area contributed by atoms with Gasteiger partial charge in [-0.1, -0.05) is 12.1 Å². The lowest BCUT2D eigenvalue weighted by molar-refractivity contribution is 0.340. The topological polar surface area (TPSA) is 14.2 Å². The Morgan fingerprint density at radius 1 is 1.12 bits per heavy atom. The zero-order chi connectivity index (χ0) is 12.3. The predicted octanol–water partition coefficient (Wildman–Crippen LogP) is 3.88. The van der Waals surface area contributed by atoms with Gasteiger partial charge in [-0.2, -0.15) is 0 Å². The van der Waals surface area contributed by atoms with Crippen LogP contribution in [0.2, 0.25) is 0 Å². The maximum absolute atomic E-state index is 5.54. The number of rotatable bonds is 4. The summed E-state index contributed by atoms with van der Waals surface area (Å²) in [7, 11) is 0. The Kier molecular flexibility index (Phi) is 3.52. The van der Waals surface area contributed by atoms with E-state index in [-0.39, 0.29) is 0 Å². The van der Waals surface area contributed by atoms with Crippen LogP contribution in [0.5, 0.6) is 5.75 Å². The first-order valence-electron chi connectivity index (χ1n) is 6.15. The highest BCUT2D eigenvalue weighted by Crippen LogP contribution is 2.25. The normalized spacial score (nSPS) is 10.5. The summed E-state index contributed by atoms with van der Waals surface area (Å²) in [4.78, 5) is 0. The van der Waals surface area contributed by atoms with E-state index in [9.17, 15) is 0 Å². The SMILES string of the molecule is CCOc1cccc(-c2ccc(C)n2CC)c1. The highest BCUT2D eigenvalue weighted by atomic mass is 16.5. The van der Waals surface area contributed by atoms with Gasteiger partial charge in [0.05, 0.1) is 6.61 Å². The number of aryl methyl sites for hydroxylation is 1. The second-order valence-electron chi connectivity index (χ2n) is 4.07. The van der Waals surface area contributed by atoms with Crippen molar-refractivity contribution >= 4 is 0 Å². The highest BCUT2D eigenvalue weighted by molar-refractivity contribution is 5.62. The summed E-state index contributed by atoms with van der Waals surface area (Å²) < 4.78 is 7.85. The van der Waals surface area contributed by atoms with E-state index in [1.54, 1.807) is 0 Å². The molecule has 2 nitrogen and oxygen atoms in total. The molecule has 0 atom stereocenters. The van der Waals surface area contributed by atoms with Crippen LogP contribution in [0.25, 0.3) is 11.3 Å². The minimum Gasteiger partial charge on any atom is -0.494 e. The quantitative estimate of drug-likeness (QED) is 0.776. The molecule has 0 aliphatic carbocycles. The first-order chi connectivity index (χ1) is 8.26. The lowest BCUT2D eigenvalue weighted by Crippen LogP contribution is -1.99. The first kappa shape index (κ1) is 11.8. The molecule has 1 aromatic carbocycles. The molecule has 0 amide bonds. The molecule has 0 saturated carbocycles. The highest BCUT2D eigenvalue weighted by Gasteiger charge is 2.06. The van der Waals surface area contributed by atoms with Gasteiger partial charge < -0.3 is 9.30 Å².